The average molecular weight is 238 g/mol. The van der Waals surface area contributed by atoms with Gasteiger partial charge in [0.25, 0.3) is 0 Å². The van der Waals surface area contributed by atoms with Gasteiger partial charge in [-0.2, -0.15) is 0 Å². The fourth-order valence-electron chi connectivity index (χ4n) is 1.36. The lowest BCUT2D eigenvalue weighted by Crippen LogP contribution is -2.31. The summed E-state index contributed by atoms with van der Waals surface area (Å²) in [6.45, 7) is 5.12. The molecule has 1 aromatic rings. The van der Waals surface area contributed by atoms with E-state index in [1.807, 2.05) is 30.3 Å². The molecule has 1 rings (SSSR count). The number of hydrogen-bond donors (Lipinski definition) is 2. The summed E-state index contributed by atoms with van der Waals surface area (Å²) in [7, 11) is 1.71. The highest BCUT2D eigenvalue weighted by atomic mass is 16.5. The fourth-order valence-corrected chi connectivity index (χ4v) is 1.36. The van der Waals surface area contributed by atoms with E-state index in [1.54, 1.807) is 7.11 Å². The molecule has 4 heteroatoms. The largest absolute Gasteiger partial charge is 0.492 e. The van der Waals surface area contributed by atoms with Gasteiger partial charge in [0.2, 0.25) is 0 Å². The summed E-state index contributed by atoms with van der Waals surface area (Å²) in [6, 6.07) is 9.86. The van der Waals surface area contributed by atoms with Crippen LogP contribution in [0.15, 0.2) is 30.3 Å². The molecule has 0 aliphatic rings. The average Bonchev–Trinajstić information content (AvgIpc) is 2.38. The molecule has 0 heterocycles. The number of ether oxygens (including phenoxy) is 2. The van der Waals surface area contributed by atoms with Crippen LogP contribution in [0.4, 0.5) is 0 Å². The third-order valence-electron chi connectivity index (χ3n) is 2.25. The zero-order chi connectivity index (χ0) is 12.2. The molecule has 0 amide bonds. The predicted molar refractivity (Wildman–Crippen MR) is 69.6 cm³/mol. The zero-order valence-electron chi connectivity index (χ0n) is 10.4. The van der Waals surface area contributed by atoms with Gasteiger partial charge < -0.3 is 20.1 Å². The molecule has 0 aliphatic heterocycles. The summed E-state index contributed by atoms with van der Waals surface area (Å²) in [5, 5.41) is 6.57. The van der Waals surface area contributed by atoms with Crippen molar-refractivity contribution in [3.05, 3.63) is 30.3 Å². The quantitative estimate of drug-likeness (QED) is 0.594. The lowest BCUT2D eigenvalue weighted by molar-refractivity contribution is 0.199. The van der Waals surface area contributed by atoms with Crippen molar-refractivity contribution < 1.29 is 9.47 Å². The number of nitrogens with one attached hydrogen (secondary N) is 2. The van der Waals surface area contributed by atoms with Gasteiger partial charge in [-0.25, -0.2) is 0 Å². The molecule has 2 N–H and O–H groups in total. The molecule has 0 radical (unpaired) electrons. The van der Waals surface area contributed by atoms with Crippen molar-refractivity contribution in [2.75, 3.05) is 46.5 Å². The first-order chi connectivity index (χ1) is 8.43. The molecular weight excluding hydrogens is 216 g/mol. The Bertz CT molecular complexity index is 267. The third kappa shape index (κ3) is 7.74. The van der Waals surface area contributed by atoms with E-state index < -0.39 is 0 Å². The Morgan fingerprint density at radius 3 is 2.18 bits per heavy atom. The molecule has 96 valence electrons. The lowest BCUT2D eigenvalue weighted by Gasteiger charge is -2.08. The van der Waals surface area contributed by atoms with Crippen molar-refractivity contribution in [1.29, 1.82) is 0 Å². The van der Waals surface area contributed by atoms with E-state index in [1.165, 1.54) is 0 Å². The van der Waals surface area contributed by atoms with E-state index in [0.717, 1.165) is 38.5 Å². The highest BCUT2D eigenvalue weighted by Gasteiger charge is 1.91. The van der Waals surface area contributed by atoms with Crippen LogP contribution < -0.4 is 15.4 Å². The molecule has 4 nitrogen and oxygen atoms in total. The summed E-state index contributed by atoms with van der Waals surface area (Å²) >= 11 is 0. The maximum absolute atomic E-state index is 5.55. The Kier molecular flexibility index (Phi) is 8.28. The van der Waals surface area contributed by atoms with E-state index in [0.29, 0.717) is 6.61 Å². The van der Waals surface area contributed by atoms with Gasteiger partial charge >= 0.3 is 0 Å². The summed E-state index contributed by atoms with van der Waals surface area (Å²) in [5.74, 6) is 0.924. The smallest absolute Gasteiger partial charge is 0.119 e. The summed E-state index contributed by atoms with van der Waals surface area (Å²) < 4.78 is 10.5. The van der Waals surface area contributed by atoms with Gasteiger partial charge in [0, 0.05) is 33.3 Å². The first-order valence-electron chi connectivity index (χ1n) is 6.01. The summed E-state index contributed by atoms with van der Waals surface area (Å²) in [6.07, 6.45) is 0. The van der Waals surface area contributed by atoms with Gasteiger partial charge in [0.1, 0.15) is 12.4 Å². The van der Waals surface area contributed by atoms with Crippen molar-refractivity contribution >= 4 is 0 Å². The molecule has 0 saturated carbocycles. The number of hydrogen-bond acceptors (Lipinski definition) is 4. The van der Waals surface area contributed by atoms with E-state index in [2.05, 4.69) is 10.6 Å². The normalized spacial score (nSPS) is 10.4. The minimum Gasteiger partial charge on any atom is -0.492 e. The first-order valence-corrected chi connectivity index (χ1v) is 6.01. The van der Waals surface area contributed by atoms with Crippen molar-refractivity contribution in [2.24, 2.45) is 0 Å². The molecule has 0 bridgehead atoms. The highest BCUT2D eigenvalue weighted by molar-refractivity contribution is 5.20. The van der Waals surface area contributed by atoms with Gasteiger partial charge in [-0.3, -0.25) is 0 Å². The van der Waals surface area contributed by atoms with E-state index >= 15 is 0 Å². The SMILES string of the molecule is COCCNCCNCCOc1ccccc1. The summed E-state index contributed by atoms with van der Waals surface area (Å²) in [5.41, 5.74) is 0. The lowest BCUT2D eigenvalue weighted by atomic mass is 10.3. The van der Waals surface area contributed by atoms with E-state index in [4.69, 9.17) is 9.47 Å². The molecule has 17 heavy (non-hydrogen) atoms. The predicted octanol–water partition coefficient (Wildman–Crippen LogP) is 0.891. The second-order valence-electron chi connectivity index (χ2n) is 3.65. The molecule has 1 aromatic carbocycles. The van der Waals surface area contributed by atoms with Crippen LogP contribution in [0.1, 0.15) is 0 Å². The van der Waals surface area contributed by atoms with Crippen molar-refractivity contribution in [3.63, 3.8) is 0 Å². The zero-order valence-corrected chi connectivity index (χ0v) is 10.4. The van der Waals surface area contributed by atoms with Crippen molar-refractivity contribution in [3.8, 4) is 5.75 Å². The Morgan fingerprint density at radius 1 is 0.882 bits per heavy atom. The third-order valence-corrected chi connectivity index (χ3v) is 2.25. The van der Waals surface area contributed by atoms with Gasteiger partial charge in [-0.05, 0) is 12.1 Å². The molecule has 0 unspecified atom stereocenters. The fraction of sp³-hybridized carbons (Fsp3) is 0.538. The van der Waals surface area contributed by atoms with Crippen LogP contribution in [-0.2, 0) is 4.74 Å². The van der Waals surface area contributed by atoms with Crippen LogP contribution in [0, 0.1) is 0 Å². The van der Waals surface area contributed by atoms with Crippen LogP contribution in [0.3, 0.4) is 0 Å². The standard InChI is InChI=1S/C13H22N2O2/c1-16-11-9-14-7-8-15-10-12-17-13-5-3-2-4-6-13/h2-6,14-15H,7-12H2,1H3. The molecule has 0 aliphatic carbocycles. The van der Waals surface area contributed by atoms with E-state index in [-0.39, 0.29) is 0 Å². The van der Waals surface area contributed by atoms with Gasteiger partial charge in [-0.1, -0.05) is 18.2 Å². The van der Waals surface area contributed by atoms with Crippen LogP contribution in [-0.4, -0.2) is 46.5 Å². The van der Waals surface area contributed by atoms with Gasteiger partial charge in [0.15, 0.2) is 0 Å². The topological polar surface area (TPSA) is 42.5 Å². The monoisotopic (exact) mass is 238 g/mol. The molecular formula is C13H22N2O2. The molecule has 0 aromatic heterocycles. The first kappa shape index (κ1) is 14.0. The maximum Gasteiger partial charge on any atom is 0.119 e. The number of rotatable bonds is 10. The Balaban J connectivity index is 1.85. The van der Waals surface area contributed by atoms with E-state index in [9.17, 15) is 0 Å². The number of para-hydroxylation sites is 1. The Morgan fingerprint density at radius 2 is 1.53 bits per heavy atom. The van der Waals surface area contributed by atoms with Gasteiger partial charge in [0.05, 0.1) is 6.61 Å². The van der Waals surface area contributed by atoms with Crippen LogP contribution >= 0.6 is 0 Å². The molecule has 0 spiro atoms. The van der Waals surface area contributed by atoms with Crippen molar-refractivity contribution in [2.45, 2.75) is 0 Å². The molecule has 0 atom stereocenters. The molecule has 0 saturated heterocycles. The molecule has 0 fully saturated rings. The minimum absolute atomic E-state index is 0.697. The van der Waals surface area contributed by atoms with Crippen molar-refractivity contribution in [1.82, 2.24) is 10.6 Å². The number of methoxy groups -OCH3 is 1. The second-order valence-corrected chi connectivity index (χ2v) is 3.65. The van der Waals surface area contributed by atoms with Crippen LogP contribution in [0.2, 0.25) is 0 Å². The maximum atomic E-state index is 5.55. The Labute approximate surface area is 103 Å². The Hall–Kier alpha value is -1.10. The van der Waals surface area contributed by atoms with Crippen LogP contribution in [0.25, 0.3) is 0 Å². The summed E-state index contributed by atoms with van der Waals surface area (Å²) in [4.78, 5) is 0. The van der Waals surface area contributed by atoms with Gasteiger partial charge in [-0.15, -0.1) is 0 Å². The number of benzene rings is 1. The highest BCUT2D eigenvalue weighted by Crippen LogP contribution is 2.07. The van der Waals surface area contributed by atoms with Crippen LogP contribution in [0.5, 0.6) is 5.75 Å². The second kappa shape index (κ2) is 10.1. The minimum atomic E-state index is 0.697.